The van der Waals surface area contributed by atoms with Crippen LogP contribution in [0, 0.1) is 18.3 Å². The van der Waals surface area contributed by atoms with Crippen molar-refractivity contribution in [1.29, 1.82) is 5.26 Å². The lowest BCUT2D eigenvalue weighted by Gasteiger charge is -2.09. The minimum Gasteiger partial charge on any atom is -0.467 e. The van der Waals surface area contributed by atoms with Gasteiger partial charge in [0.15, 0.2) is 0 Å². The number of nitrogens with one attached hydrogen (secondary N) is 2. The third-order valence-corrected chi connectivity index (χ3v) is 3.14. The molecule has 2 N–H and O–H groups in total. The molecule has 6 nitrogen and oxygen atoms in total. The molecule has 0 saturated carbocycles. The molecule has 0 radical (unpaired) electrons. The number of benzene rings is 1. The highest BCUT2D eigenvalue weighted by molar-refractivity contribution is 5.58. The molecule has 0 aliphatic carbocycles. The minimum absolute atomic E-state index is 0.521. The van der Waals surface area contributed by atoms with Crippen LogP contribution in [0.15, 0.2) is 53.1 Å². The van der Waals surface area contributed by atoms with Crippen LogP contribution in [-0.2, 0) is 6.54 Å². The van der Waals surface area contributed by atoms with Gasteiger partial charge in [0.1, 0.15) is 11.6 Å². The fourth-order valence-electron chi connectivity index (χ4n) is 2.07. The average Bonchev–Trinajstić information content (AvgIpc) is 3.07. The summed E-state index contributed by atoms with van der Waals surface area (Å²) in [7, 11) is 0. The van der Waals surface area contributed by atoms with Crippen LogP contribution < -0.4 is 10.6 Å². The van der Waals surface area contributed by atoms with Crippen LogP contribution in [0.25, 0.3) is 0 Å². The van der Waals surface area contributed by atoms with Crippen LogP contribution >= 0.6 is 0 Å². The fraction of sp³-hybridized carbons (Fsp3) is 0.118. The second-order valence-electron chi connectivity index (χ2n) is 4.97. The van der Waals surface area contributed by atoms with E-state index in [2.05, 4.69) is 26.7 Å². The number of furan rings is 1. The lowest BCUT2D eigenvalue weighted by molar-refractivity contribution is 0.517. The zero-order chi connectivity index (χ0) is 16.1. The Morgan fingerprint density at radius 3 is 2.70 bits per heavy atom. The summed E-state index contributed by atoms with van der Waals surface area (Å²) in [5, 5.41) is 15.2. The molecule has 3 rings (SSSR count). The highest BCUT2D eigenvalue weighted by Crippen LogP contribution is 2.17. The number of nitriles is 1. The molecule has 0 bridgehead atoms. The second-order valence-corrected chi connectivity index (χ2v) is 4.97. The summed E-state index contributed by atoms with van der Waals surface area (Å²) in [4.78, 5) is 8.79. The van der Waals surface area contributed by atoms with Gasteiger partial charge in [-0.3, -0.25) is 0 Å². The molecule has 1 aromatic carbocycles. The summed E-state index contributed by atoms with van der Waals surface area (Å²) in [6.45, 7) is 2.43. The molecule has 0 spiro atoms. The molecule has 23 heavy (non-hydrogen) atoms. The zero-order valence-electron chi connectivity index (χ0n) is 12.6. The number of nitrogens with zero attached hydrogens (tertiary/aromatic N) is 3. The Labute approximate surface area is 133 Å². The number of anilines is 3. The summed E-state index contributed by atoms with van der Waals surface area (Å²) >= 11 is 0. The van der Waals surface area contributed by atoms with E-state index in [1.807, 2.05) is 37.3 Å². The van der Waals surface area contributed by atoms with Crippen molar-refractivity contribution in [2.24, 2.45) is 0 Å². The lowest BCUT2D eigenvalue weighted by atomic mass is 10.2. The molecule has 2 heterocycles. The topological polar surface area (TPSA) is 86.8 Å². The van der Waals surface area contributed by atoms with Gasteiger partial charge in [0, 0.05) is 17.4 Å². The van der Waals surface area contributed by atoms with Crippen LogP contribution in [0.2, 0.25) is 0 Å². The smallest absolute Gasteiger partial charge is 0.225 e. The van der Waals surface area contributed by atoms with E-state index in [1.54, 1.807) is 18.4 Å². The van der Waals surface area contributed by atoms with Crippen molar-refractivity contribution in [3.63, 3.8) is 0 Å². The van der Waals surface area contributed by atoms with Gasteiger partial charge in [0.05, 0.1) is 24.4 Å². The first-order chi connectivity index (χ1) is 11.2. The van der Waals surface area contributed by atoms with Gasteiger partial charge in [0.25, 0.3) is 0 Å². The summed E-state index contributed by atoms with van der Waals surface area (Å²) in [5.74, 6) is 2.03. The van der Waals surface area contributed by atoms with E-state index < -0.39 is 0 Å². The maximum atomic E-state index is 8.82. The molecule has 0 aliphatic rings. The molecule has 6 heteroatoms. The molecular formula is C17H15N5O. The first kappa shape index (κ1) is 14.6. The summed E-state index contributed by atoms with van der Waals surface area (Å²) < 4.78 is 5.27. The van der Waals surface area contributed by atoms with E-state index in [4.69, 9.17) is 9.68 Å². The predicted molar refractivity (Wildman–Crippen MR) is 87.2 cm³/mol. The first-order valence-electron chi connectivity index (χ1n) is 7.12. The third-order valence-electron chi connectivity index (χ3n) is 3.14. The molecule has 0 unspecified atom stereocenters. The third kappa shape index (κ3) is 3.86. The Morgan fingerprint density at radius 2 is 2.00 bits per heavy atom. The van der Waals surface area contributed by atoms with Gasteiger partial charge in [-0.15, -0.1) is 0 Å². The lowest BCUT2D eigenvalue weighted by Crippen LogP contribution is -2.05. The SMILES string of the molecule is Cc1cc(Nc2ccc(C#N)cc2)nc(NCc2ccco2)n1. The van der Waals surface area contributed by atoms with Crippen LogP contribution in [0.1, 0.15) is 17.0 Å². The second kappa shape index (κ2) is 6.62. The Bertz CT molecular complexity index is 819. The number of aryl methyl sites for hydroxylation is 1. The average molecular weight is 305 g/mol. The summed E-state index contributed by atoms with van der Waals surface area (Å²) in [5.41, 5.74) is 2.33. The molecule has 114 valence electrons. The quantitative estimate of drug-likeness (QED) is 0.749. The van der Waals surface area contributed by atoms with Crippen molar-refractivity contribution in [2.45, 2.75) is 13.5 Å². The van der Waals surface area contributed by atoms with Gasteiger partial charge >= 0.3 is 0 Å². The van der Waals surface area contributed by atoms with E-state index in [9.17, 15) is 0 Å². The van der Waals surface area contributed by atoms with Crippen molar-refractivity contribution in [1.82, 2.24) is 9.97 Å². The Hall–Kier alpha value is -3.33. The monoisotopic (exact) mass is 305 g/mol. The maximum Gasteiger partial charge on any atom is 0.225 e. The van der Waals surface area contributed by atoms with Gasteiger partial charge in [0.2, 0.25) is 5.95 Å². The number of rotatable bonds is 5. The van der Waals surface area contributed by atoms with Crippen LogP contribution in [-0.4, -0.2) is 9.97 Å². The maximum absolute atomic E-state index is 8.82. The van der Waals surface area contributed by atoms with E-state index >= 15 is 0 Å². The van der Waals surface area contributed by atoms with Gasteiger partial charge in [-0.2, -0.15) is 10.2 Å². The van der Waals surface area contributed by atoms with E-state index in [-0.39, 0.29) is 0 Å². The number of hydrogen-bond acceptors (Lipinski definition) is 6. The molecule has 2 aromatic heterocycles. The Kier molecular flexibility index (Phi) is 4.20. The molecule has 0 saturated heterocycles. The highest BCUT2D eigenvalue weighted by Gasteiger charge is 2.04. The van der Waals surface area contributed by atoms with Crippen molar-refractivity contribution in [2.75, 3.05) is 10.6 Å². The minimum atomic E-state index is 0.521. The van der Waals surface area contributed by atoms with Crippen LogP contribution in [0.3, 0.4) is 0 Å². The van der Waals surface area contributed by atoms with Gasteiger partial charge in [-0.05, 0) is 43.3 Å². The van der Waals surface area contributed by atoms with Gasteiger partial charge in [-0.25, -0.2) is 4.98 Å². The van der Waals surface area contributed by atoms with Crippen LogP contribution in [0.5, 0.6) is 0 Å². The fourth-order valence-corrected chi connectivity index (χ4v) is 2.07. The molecule has 0 fully saturated rings. The highest BCUT2D eigenvalue weighted by atomic mass is 16.3. The Morgan fingerprint density at radius 1 is 1.17 bits per heavy atom. The van der Waals surface area contributed by atoms with Crippen molar-refractivity contribution in [3.8, 4) is 6.07 Å². The molecule has 3 aromatic rings. The largest absolute Gasteiger partial charge is 0.467 e. The molecule has 0 atom stereocenters. The zero-order valence-corrected chi connectivity index (χ0v) is 12.6. The first-order valence-corrected chi connectivity index (χ1v) is 7.12. The molecular weight excluding hydrogens is 290 g/mol. The number of hydrogen-bond donors (Lipinski definition) is 2. The van der Waals surface area contributed by atoms with Gasteiger partial charge < -0.3 is 15.1 Å². The summed E-state index contributed by atoms with van der Waals surface area (Å²) in [6, 6.07) is 14.9. The van der Waals surface area contributed by atoms with Crippen LogP contribution in [0.4, 0.5) is 17.5 Å². The molecule has 0 aliphatic heterocycles. The normalized spacial score (nSPS) is 10.1. The standard InChI is InChI=1S/C17H15N5O/c1-12-9-16(21-14-6-4-13(10-18)5-7-14)22-17(20-12)19-11-15-3-2-8-23-15/h2-9H,11H2,1H3,(H2,19,20,21,22). The summed E-state index contributed by atoms with van der Waals surface area (Å²) in [6.07, 6.45) is 1.63. The predicted octanol–water partition coefficient (Wildman–Crippen LogP) is 3.61. The van der Waals surface area contributed by atoms with E-state index in [0.717, 1.165) is 17.1 Å². The van der Waals surface area contributed by atoms with Gasteiger partial charge in [-0.1, -0.05) is 0 Å². The van der Waals surface area contributed by atoms with E-state index in [1.165, 1.54) is 0 Å². The Balaban J connectivity index is 1.72. The van der Waals surface area contributed by atoms with E-state index in [0.29, 0.717) is 23.9 Å². The van der Waals surface area contributed by atoms with Crippen molar-refractivity contribution in [3.05, 3.63) is 65.7 Å². The van der Waals surface area contributed by atoms with Crippen molar-refractivity contribution < 1.29 is 4.42 Å². The number of aromatic nitrogens is 2. The van der Waals surface area contributed by atoms with Crippen molar-refractivity contribution >= 4 is 17.5 Å². The molecule has 0 amide bonds.